The Morgan fingerprint density at radius 2 is 1.82 bits per heavy atom. The molecule has 0 atom stereocenters. The van der Waals surface area contributed by atoms with E-state index in [2.05, 4.69) is 9.97 Å². The SMILES string of the molecule is Cc1sc2nc(-c3ccc(S(N)(=O)=O)cc3)[nH]c(=O)c2c1C. The Kier molecular flexibility index (Phi) is 3.39. The third kappa shape index (κ3) is 2.45. The summed E-state index contributed by atoms with van der Waals surface area (Å²) in [6.07, 6.45) is 0. The summed E-state index contributed by atoms with van der Waals surface area (Å²) in [4.78, 5) is 21.2. The van der Waals surface area contributed by atoms with E-state index in [0.29, 0.717) is 21.6 Å². The zero-order chi connectivity index (χ0) is 16.1. The molecule has 0 unspecified atom stereocenters. The first-order chi connectivity index (χ1) is 10.3. The first-order valence-corrected chi connectivity index (χ1v) is 8.77. The van der Waals surface area contributed by atoms with Crippen LogP contribution in [-0.2, 0) is 10.0 Å². The maximum atomic E-state index is 12.2. The Balaban J connectivity index is 2.17. The van der Waals surface area contributed by atoms with Gasteiger partial charge in [0.1, 0.15) is 10.7 Å². The number of aryl methyl sites for hydroxylation is 2. The molecule has 0 spiro atoms. The van der Waals surface area contributed by atoms with E-state index in [9.17, 15) is 13.2 Å². The van der Waals surface area contributed by atoms with E-state index in [4.69, 9.17) is 5.14 Å². The normalized spacial score (nSPS) is 12.0. The van der Waals surface area contributed by atoms with Crippen molar-refractivity contribution in [1.82, 2.24) is 9.97 Å². The summed E-state index contributed by atoms with van der Waals surface area (Å²) in [6, 6.07) is 5.91. The highest BCUT2D eigenvalue weighted by Gasteiger charge is 2.13. The van der Waals surface area contributed by atoms with Crippen molar-refractivity contribution < 1.29 is 8.42 Å². The molecule has 2 heterocycles. The fourth-order valence-electron chi connectivity index (χ4n) is 2.19. The maximum Gasteiger partial charge on any atom is 0.260 e. The van der Waals surface area contributed by atoms with Crippen LogP contribution in [-0.4, -0.2) is 18.4 Å². The van der Waals surface area contributed by atoms with E-state index in [-0.39, 0.29) is 10.5 Å². The van der Waals surface area contributed by atoms with E-state index in [1.807, 2.05) is 13.8 Å². The van der Waals surface area contributed by atoms with Crippen molar-refractivity contribution in [2.75, 3.05) is 0 Å². The lowest BCUT2D eigenvalue weighted by Gasteiger charge is -2.03. The molecular weight excluding hydrogens is 322 g/mol. The number of hydrogen-bond acceptors (Lipinski definition) is 5. The highest BCUT2D eigenvalue weighted by atomic mass is 32.2. The zero-order valence-corrected chi connectivity index (χ0v) is 13.5. The van der Waals surface area contributed by atoms with Gasteiger partial charge >= 0.3 is 0 Å². The predicted molar refractivity (Wildman–Crippen MR) is 86.5 cm³/mol. The van der Waals surface area contributed by atoms with Crippen molar-refractivity contribution >= 4 is 31.6 Å². The zero-order valence-electron chi connectivity index (χ0n) is 11.9. The van der Waals surface area contributed by atoms with Gasteiger partial charge in [0, 0.05) is 10.4 Å². The Morgan fingerprint density at radius 1 is 1.18 bits per heavy atom. The number of sulfonamides is 1. The van der Waals surface area contributed by atoms with Crippen molar-refractivity contribution in [2.24, 2.45) is 5.14 Å². The molecule has 0 aliphatic rings. The van der Waals surface area contributed by atoms with Gasteiger partial charge in [0.25, 0.3) is 5.56 Å². The predicted octanol–water partition coefficient (Wildman–Crippen LogP) is 1.92. The van der Waals surface area contributed by atoms with E-state index < -0.39 is 10.0 Å². The second-order valence-corrected chi connectivity index (χ2v) is 7.71. The van der Waals surface area contributed by atoms with Crippen molar-refractivity contribution in [2.45, 2.75) is 18.7 Å². The molecule has 3 N–H and O–H groups in total. The van der Waals surface area contributed by atoms with E-state index in [1.165, 1.54) is 23.5 Å². The molecule has 0 aliphatic heterocycles. The van der Waals surface area contributed by atoms with Gasteiger partial charge in [0.2, 0.25) is 10.0 Å². The average Bonchev–Trinajstić information content (AvgIpc) is 2.73. The number of hydrogen-bond donors (Lipinski definition) is 2. The number of nitrogens with one attached hydrogen (secondary N) is 1. The fraction of sp³-hybridized carbons (Fsp3) is 0.143. The van der Waals surface area contributed by atoms with Crippen LogP contribution in [0.3, 0.4) is 0 Å². The summed E-state index contributed by atoms with van der Waals surface area (Å²) >= 11 is 1.46. The Labute approximate surface area is 130 Å². The Bertz CT molecular complexity index is 1030. The number of primary sulfonamides is 1. The summed E-state index contributed by atoms with van der Waals surface area (Å²) in [5, 5.41) is 5.67. The minimum Gasteiger partial charge on any atom is -0.306 e. The number of fused-ring (bicyclic) bond motifs is 1. The standard InChI is InChI=1S/C14H13N3O3S2/c1-7-8(2)21-14-11(7)13(18)16-12(17-14)9-3-5-10(6-4-9)22(15,19)20/h3-6H,1-2H3,(H2,15,19,20)(H,16,17,18). The highest BCUT2D eigenvalue weighted by Crippen LogP contribution is 2.27. The number of nitrogens with zero attached hydrogens (tertiary/aromatic N) is 1. The molecule has 0 radical (unpaired) electrons. The number of benzene rings is 1. The lowest BCUT2D eigenvalue weighted by molar-refractivity contribution is 0.598. The third-order valence-electron chi connectivity index (χ3n) is 3.50. The van der Waals surface area contributed by atoms with Crippen molar-refractivity contribution in [3.05, 3.63) is 45.1 Å². The first kappa shape index (κ1) is 14.9. The van der Waals surface area contributed by atoms with Gasteiger partial charge in [0.05, 0.1) is 10.3 Å². The van der Waals surface area contributed by atoms with Crippen molar-refractivity contribution in [3.63, 3.8) is 0 Å². The van der Waals surface area contributed by atoms with Gasteiger partial charge in [0.15, 0.2) is 0 Å². The molecule has 8 heteroatoms. The average molecular weight is 335 g/mol. The number of aromatic nitrogens is 2. The largest absolute Gasteiger partial charge is 0.306 e. The summed E-state index contributed by atoms with van der Waals surface area (Å²) in [7, 11) is -3.74. The van der Waals surface area contributed by atoms with Crippen LogP contribution in [0, 0.1) is 13.8 Å². The van der Waals surface area contributed by atoms with E-state index in [1.54, 1.807) is 12.1 Å². The fourth-order valence-corrected chi connectivity index (χ4v) is 3.74. The van der Waals surface area contributed by atoms with Gasteiger partial charge in [-0.25, -0.2) is 18.5 Å². The topological polar surface area (TPSA) is 106 Å². The molecule has 6 nitrogen and oxygen atoms in total. The van der Waals surface area contributed by atoms with Gasteiger partial charge in [-0.1, -0.05) is 0 Å². The minimum absolute atomic E-state index is 0.0162. The smallest absolute Gasteiger partial charge is 0.260 e. The van der Waals surface area contributed by atoms with Crippen LogP contribution < -0.4 is 10.7 Å². The van der Waals surface area contributed by atoms with E-state index >= 15 is 0 Å². The number of nitrogens with two attached hydrogens (primary N) is 1. The molecule has 114 valence electrons. The molecule has 3 aromatic rings. The number of rotatable bonds is 2. The maximum absolute atomic E-state index is 12.2. The second kappa shape index (κ2) is 5.01. The van der Waals surface area contributed by atoms with E-state index in [0.717, 1.165) is 10.4 Å². The number of aromatic amines is 1. The molecule has 0 amide bonds. The highest BCUT2D eigenvalue weighted by molar-refractivity contribution is 7.89. The second-order valence-electron chi connectivity index (χ2n) is 4.95. The Morgan fingerprint density at radius 3 is 2.41 bits per heavy atom. The molecule has 3 rings (SSSR count). The van der Waals surface area contributed by atoms with Gasteiger partial charge in [-0.15, -0.1) is 11.3 Å². The van der Waals surface area contributed by atoms with Gasteiger partial charge < -0.3 is 4.98 Å². The van der Waals surface area contributed by atoms with Gasteiger partial charge in [-0.2, -0.15) is 0 Å². The minimum atomic E-state index is -3.74. The lowest BCUT2D eigenvalue weighted by Crippen LogP contribution is -2.12. The molecule has 0 saturated heterocycles. The third-order valence-corrected chi connectivity index (χ3v) is 5.53. The van der Waals surface area contributed by atoms with Crippen LogP contribution in [0.5, 0.6) is 0 Å². The van der Waals surface area contributed by atoms with Crippen LogP contribution in [0.2, 0.25) is 0 Å². The first-order valence-electron chi connectivity index (χ1n) is 6.40. The molecule has 1 aromatic carbocycles. The molecular formula is C14H13N3O3S2. The van der Waals surface area contributed by atoms with Crippen LogP contribution >= 0.6 is 11.3 Å². The molecule has 0 bridgehead atoms. The monoisotopic (exact) mass is 335 g/mol. The number of thiophene rings is 1. The van der Waals surface area contributed by atoms with Crippen molar-refractivity contribution in [3.8, 4) is 11.4 Å². The number of H-pyrrole nitrogens is 1. The summed E-state index contributed by atoms with van der Waals surface area (Å²) in [5.74, 6) is 0.403. The Hall–Kier alpha value is -2.03. The van der Waals surface area contributed by atoms with Gasteiger partial charge in [-0.3, -0.25) is 4.79 Å². The summed E-state index contributed by atoms with van der Waals surface area (Å²) < 4.78 is 22.5. The summed E-state index contributed by atoms with van der Waals surface area (Å²) in [6.45, 7) is 3.84. The van der Waals surface area contributed by atoms with Crippen LogP contribution in [0.15, 0.2) is 34.0 Å². The molecule has 0 aliphatic carbocycles. The quantitative estimate of drug-likeness (QED) is 0.746. The lowest BCUT2D eigenvalue weighted by atomic mass is 10.2. The van der Waals surface area contributed by atoms with Crippen LogP contribution in [0.1, 0.15) is 10.4 Å². The van der Waals surface area contributed by atoms with Crippen molar-refractivity contribution in [1.29, 1.82) is 0 Å². The summed E-state index contributed by atoms with van der Waals surface area (Å²) in [5.41, 5.74) is 1.36. The molecule has 22 heavy (non-hydrogen) atoms. The molecule has 0 fully saturated rings. The molecule has 2 aromatic heterocycles. The molecule has 0 saturated carbocycles. The van der Waals surface area contributed by atoms with Crippen LogP contribution in [0.25, 0.3) is 21.6 Å². The van der Waals surface area contributed by atoms with Crippen LogP contribution in [0.4, 0.5) is 0 Å². The van der Waals surface area contributed by atoms with Gasteiger partial charge in [-0.05, 0) is 43.7 Å².